The Bertz CT molecular complexity index is 726. The third kappa shape index (κ3) is 3.02. The van der Waals surface area contributed by atoms with E-state index in [1.165, 1.54) is 6.07 Å². The van der Waals surface area contributed by atoms with Crippen LogP contribution in [0.1, 0.15) is 5.56 Å². The monoisotopic (exact) mass is 322 g/mol. The Morgan fingerprint density at radius 3 is 2.39 bits per heavy atom. The first-order chi connectivity index (χ1) is 10.9. The molecular formula is C17H13F3O3. The van der Waals surface area contributed by atoms with Crippen molar-refractivity contribution >= 4 is 5.97 Å². The molecule has 0 amide bonds. The number of halogens is 3. The fourth-order valence-electron chi connectivity index (χ4n) is 2.72. The lowest BCUT2D eigenvalue weighted by atomic mass is 9.89. The van der Waals surface area contributed by atoms with Gasteiger partial charge in [-0.3, -0.25) is 4.79 Å². The van der Waals surface area contributed by atoms with Gasteiger partial charge in [0.1, 0.15) is 11.7 Å². The van der Waals surface area contributed by atoms with Crippen molar-refractivity contribution in [3.8, 4) is 16.9 Å². The standard InChI is InChI=1S/C17H13F3O3/c18-17(19,20)15-13(16(21)22)8-12-7-6-11(9-14(12)23-15)10-4-2-1-3-5-10/h1-7,9,13,15H,8H2,(H,21,22). The Hall–Kier alpha value is -2.50. The molecule has 3 nitrogen and oxygen atoms in total. The summed E-state index contributed by atoms with van der Waals surface area (Å²) in [6.07, 6.45) is -7.27. The quantitative estimate of drug-likeness (QED) is 0.911. The molecule has 0 fully saturated rings. The maximum absolute atomic E-state index is 13.1. The number of fused-ring (bicyclic) bond motifs is 1. The van der Waals surface area contributed by atoms with Crippen LogP contribution < -0.4 is 4.74 Å². The molecule has 1 aliphatic rings. The van der Waals surface area contributed by atoms with E-state index in [9.17, 15) is 18.0 Å². The summed E-state index contributed by atoms with van der Waals surface area (Å²) in [5.74, 6) is -3.05. The summed E-state index contributed by atoms with van der Waals surface area (Å²) in [6.45, 7) is 0. The number of hydrogen-bond acceptors (Lipinski definition) is 2. The van der Waals surface area contributed by atoms with E-state index in [4.69, 9.17) is 9.84 Å². The molecule has 0 radical (unpaired) electrons. The van der Waals surface area contributed by atoms with E-state index in [1.54, 1.807) is 12.1 Å². The summed E-state index contributed by atoms with van der Waals surface area (Å²) in [5.41, 5.74) is 2.04. The molecule has 6 heteroatoms. The first-order valence-corrected chi connectivity index (χ1v) is 7.01. The molecule has 0 aliphatic carbocycles. The van der Waals surface area contributed by atoms with Gasteiger partial charge >= 0.3 is 12.1 Å². The average molecular weight is 322 g/mol. The Kier molecular flexibility index (Phi) is 3.75. The Morgan fingerprint density at radius 1 is 1.09 bits per heavy atom. The molecule has 0 spiro atoms. The van der Waals surface area contributed by atoms with Crippen LogP contribution in [0.5, 0.6) is 5.75 Å². The Morgan fingerprint density at radius 2 is 1.78 bits per heavy atom. The van der Waals surface area contributed by atoms with Crippen LogP contribution in [0.4, 0.5) is 13.2 Å². The predicted octanol–water partition coefficient (Wildman–Crippen LogP) is 3.92. The van der Waals surface area contributed by atoms with Crippen molar-refractivity contribution in [1.82, 2.24) is 0 Å². The highest BCUT2D eigenvalue weighted by molar-refractivity contribution is 5.73. The van der Waals surface area contributed by atoms with Gasteiger partial charge in [-0.1, -0.05) is 42.5 Å². The van der Waals surface area contributed by atoms with Crippen molar-refractivity contribution in [2.45, 2.75) is 18.7 Å². The third-order valence-corrected chi connectivity index (χ3v) is 3.87. The lowest BCUT2D eigenvalue weighted by Gasteiger charge is -2.32. The minimum Gasteiger partial charge on any atom is -0.481 e. The van der Waals surface area contributed by atoms with Crippen LogP contribution in [0.2, 0.25) is 0 Å². The lowest BCUT2D eigenvalue weighted by Crippen LogP contribution is -2.47. The number of carbonyl (C=O) groups is 1. The minimum absolute atomic E-state index is 0.0891. The normalized spacial score (nSPS) is 20.5. The molecule has 1 heterocycles. The summed E-state index contributed by atoms with van der Waals surface area (Å²) in [4.78, 5) is 11.1. The zero-order chi connectivity index (χ0) is 16.6. The zero-order valence-electron chi connectivity index (χ0n) is 11.9. The number of carboxylic acids is 1. The summed E-state index contributed by atoms with van der Waals surface area (Å²) in [6, 6.07) is 14.1. The molecular weight excluding hydrogens is 309 g/mol. The highest BCUT2D eigenvalue weighted by atomic mass is 19.4. The average Bonchev–Trinajstić information content (AvgIpc) is 2.53. The minimum atomic E-state index is -4.73. The number of aliphatic carboxylic acids is 1. The van der Waals surface area contributed by atoms with Crippen molar-refractivity contribution in [1.29, 1.82) is 0 Å². The zero-order valence-corrected chi connectivity index (χ0v) is 11.9. The first-order valence-electron chi connectivity index (χ1n) is 7.01. The van der Waals surface area contributed by atoms with E-state index in [0.717, 1.165) is 11.1 Å². The highest BCUT2D eigenvalue weighted by Gasteiger charge is 2.52. The fraction of sp³-hybridized carbons (Fsp3) is 0.235. The van der Waals surface area contributed by atoms with Gasteiger partial charge in [-0.15, -0.1) is 0 Å². The topological polar surface area (TPSA) is 46.5 Å². The largest absolute Gasteiger partial charge is 0.481 e. The van der Waals surface area contributed by atoms with Crippen LogP contribution in [-0.4, -0.2) is 23.4 Å². The molecule has 2 atom stereocenters. The molecule has 0 aromatic heterocycles. The van der Waals surface area contributed by atoms with Gasteiger partial charge in [0.05, 0.1) is 0 Å². The molecule has 0 saturated carbocycles. The van der Waals surface area contributed by atoms with Gasteiger partial charge in [0.2, 0.25) is 6.10 Å². The second-order valence-corrected chi connectivity index (χ2v) is 5.42. The maximum Gasteiger partial charge on any atom is 0.426 e. The van der Waals surface area contributed by atoms with Crippen molar-refractivity contribution in [3.05, 3.63) is 54.1 Å². The molecule has 2 aromatic carbocycles. The van der Waals surface area contributed by atoms with Crippen LogP contribution in [0.25, 0.3) is 11.1 Å². The summed E-state index contributed by atoms with van der Waals surface area (Å²) >= 11 is 0. The van der Waals surface area contributed by atoms with Gasteiger partial charge in [-0.05, 0) is 29.2 Å². The van der Waals surface area contributed by atoms with Crippen LogP contribution in [-0.2, 0) is 11.2 Å². The highest BCUT2D eigenvalue weighted by Crippen LogP contribution is 2.40. The van der Waals surface area contributed by atoms with E-state index in [0.29, 0.717) is 5.56 Å². The maximum atomic E-state index is 13.1. The number of rotatable bonds is 2. The van der Waals surface area contributed by atoms with Crippen molar-refractivity contribution in [3.63, 3.8) is 0 Å². The van der Waals surface area contributed by atoms with Gasteiger partial charge in [0, 0.05) is 0 Å². The number of benzene rings is 2. The van der Waals surface area contributed by atoms with Gasteiger partial charge in [0.15, 0.2) is 0 Å². The Balaban J connectivity index is 2.00. The van der Waals surface area contributed by atoms with Gasteiger partial charge in [0.25, 0.3) is 0 Å². The van der Waals surface area contributed by atoms with Gasteiger partial charge in [-0.25, -0.2) is 0 Å². The molecule has 2 aromatic rings. The molecule has 2 unspecified atom stereocenters. The SMILES string of the molecule is O=C(O)C1Cc2ccc(-c3ccccc3)cc2OC1C(F)(F)F. The molecule has 120 valence electrons. The van der Waals surface area contributed by atoms with Gasteiger partial charge < -0.3 is 9.84 Å². The number of carboxylic acid groups (broad SMARTS) is 1. The summed E-state index contributed by atoms with van der Waals surface area (Å²) in [7, 11) is 0. The van der Waals surface area contributed by atoms with E-state index in [2.05, 4.69) is 0 Å². The molecule has 1 N–H and O–H groups in total. The molecule has 3 rings (SSSR count). The second kappa shape index (κ2) is 5.61. The van der Waals surface area contributed by atoms with E-state index in [-0.39, 0.29) is 12.2 Å². The van der Waals surface area contributed by atoms with Crippen LogP contribution in [0.3, 0.4) is 0 Å². The predicted molar refractivity (Wildman–Crippen MR) is 77.2 cm³/mol. The number of hydrogen-bond donors (Lipinski definition) is 1. The molecule has 1 aliphatic heterocycles. The molecule has 0 saturated heterocycles. The van der Waals surface area contributed by atoms with Crippen molar-refractivity contribution in [2.75, 3.05) is 0 Å². The third-order valence-electron chi connectivity index (χ3n) is 3.87. The second-order valence-electron chi connectivity index (χ2n) is 5.42. The van der Waals surface area contributed by atoms with Crippen LogP contribution in [0.15, 0.2) is 48.5 Å². The first kappa shape index (κ1) is 15.4. The fourth-order valence-corrected chi connectivity index (χ4v) is 2.72. The van der Waals surface area contributed by atoms with E-state index in [1.807, 2.05) is 30.3 Å². The van der Waals surface area contributed by atoms with Gasteiger partial charge in [-0.2, -0.15) is 13.2 Å². The number of ether oxygens (including phenoxy) is 1. The molecule has 23 heavy (non-hydrogen) atoms. The van der Waals surface area contributed by atoms with Crippen molar-refractivity contribution in [2.24, 2.45) is 5.92 Å². The smallest absolute Gasteiger partial charge is 0.426 e. The van der Waals surface area contributed by atoms with E-state index >= 15 is 0 Å². The van der Waals surface area contributed by atoms with Crippen LogP contribution in [0, 0.1) is 5.92 Å². The van der Waals surface area contributed by atoms with Crippen molar-refractivity contribution < 1.29 is 27.8 Å². The molecule has 0 bridgehead atoms. The summed E-state index contributed by atoms with van der Waals surface area (Å²) in [5, 5.41) is 9.05. The summed E-state index contributed by atoms with van der Waals surface area (Å²) < 4.78 is 44.3. The number of alkyl halides is 3. The Labute approximate surface area is 130 Å². The van der Waals surface area contributed by atoms with Crippen LogP contribution >= 0.6 is 0 Å². The lowest BCUT2D eigenvalue weighted by molar-refractivity contribution is -0.217. The van der Waals surface area contributed by atoms with E-state index < -0.39 is 24.2 Å².